The Morgan fingerprint density at radius 1 is 1.50 bits per heavy atom. The fourth-order valence-electron chi connectivity index (χ4n) is 1.72. The van der Waals surface area contributed by atoms with Crippen LogP contribution in [0.3, 0.4) is 0 Å². The average molecular weight is 303 g/mol. The van der Waals surface area contributed by atoms with Crippen molar-refractivity contribution in [1.29, 1.82) is 0 Å². The first kappa shape index (κ1) is 7.59. The number of hydrogen-bond acceptors (Lipinski definition) is 3. The highest BCUT2D eigenvalue weighted by molar-refractivity contribution is 7.88. The van der Waals surface area contributed by atoms with Crippen molar-refractivity contribution in [3.05, 3.63) is 35.5 Å². The first-order chi connectivity index (χ1) is 12.5. The van der Waals surface area contributed by atoms with Crippen LogP contribution in [0.15, 0.2) is 24.4 Å². The van der Waals surface area contributed by atoms with Gasteiger partial charge in [-0.3, -0.25) is 0 Å². The largest absolute Gasteiger partial charge is 0.361 e. The molecule has 0 fully saturated rings. The molecule has 0 amide bonds. The quantitative estimate of drug-likeness (QED) is 0.846. The van der Waals surface area contributed by atoms with E-state index in [9.17, 15) is 8.42 Å². The number of aromatic nitrogens is 1. The molecule has 2 rings (SSSR count). The molecule has 0 aliphatic rings. The van der Waals surface area contributed by atoms with Gasteiger partial charge in [-0.25, -0.2) is 13.1 Å². The zero-order valence-corrected chi connectivity index (χ0v) is 11.9. The van der Waals surface area contributed by atoms with E-state index in [1.165, 1.54) is 32.3 Å². The van der Waals surface area contributed by atoms with E-state index in [1.807, 2.05) is 0 Å². The van der Waals surface area contributed by atoms with Gasteiger partial charge < -0.3 is 9.88 Å². The highest BCUT2D eigenvalue weighted by atomic mass is 32.2. The van der Waals surface area contributed by atoms with Crippen LogP contribution >= 0.6 is 0 Å². The van der Waals surface area contributed by atoms with Crippen LogP contribution in [0.4, 0.5) is 0 Å². The van der Waals surface area contributed by atoms with Gasteiger partial charge in [0.15, 0.2) is 0 Å². The average Bonchev–Trinajstić information content (AvgIpc) is 2.79. The molecule has 1 aromatic heterocycles. The fraction of sp³-hybridized carbons (Fsp3) is 0.429. The Bertz CT molecular complexity index is 982. The number of aryl methyl sites for hydroxylation is 1. The van der Waals surface area contributed by atoms with Crippen LogP contribution < -0.4 is 4.72 Å². The van der Waals surface area contributed by atoms with Crippen molar-refractivity contribution in [2.24, 2.45) is 0 Å². The molecule has 0 aliphatic carbocycles. The molecule has 0 saturated carbocycles. The van der Waals surface area contributed by atoms with Crippen LogP contribution in [-0.4, -0.2) is 45.9 Å². The van der Waals surface area contributed by atoms with E-state index in [4.69, 9.17) is 11.0 Å². The monoisotopic (exact) mass is 303 g/mol. The topological polar surface area (TPSA) is 65.2 Å². The van der Waals surface area contributed by atoms with Crippen LogP contribution in [0.25, 0.3) is 10.9 Å². The zero-order chi connectivity index (χ0) is 21.7. The van der Waals surface area contributed by atoms with Gasteiger partial charge in [0.2, 0.25) is 10.0 Å². The Kier molecular flexibility index (Phi) is 2.26. The predicted molar refractivity (Wildman–Crippen MR) is 82.2 cm³/mol. The summed E-state index contributed by atoms with van der Waals surface area (Å²) in [5.41, 5.74) is 0.262. The zero-order valence-electron chi connectivity index (χ0n) is 19.1. The lowest BCUT2D eigenvalue weighted by molar-refractivity contribution is 0.414. The van der Waals surface area contributed by atoms with E-state index in [0.29, 0.717) is 5.52 Å². The first-order valence-corrected chi connectivity index (χ1v) is 7.44. The van der Waals surface area contributed by atoms with Gasteiger partial charge in [0.05, 0.1) is 7.12 Å². The molecule has 0 aliphatic heterocycles. The third-order valence-electron chi connectivity index (χ3n) is 2.59. The molecular formula is C14H21N3O2S. The molecular weight excluding hydrogens is 274 g/mol. The van der Waals surface area contributed by atoms with E-state index < -0.39 is 35.6 Å². The van der Waals surface area contributed by atoms with Gasteiger partial charge in [-0.2, -0.15) is 0 Å². The minimum absolute atomic E-state index is 0.155. The number of aromatic amines is 1. The summed E-state index contributed by atoms with van der Waals surface area (Å²) in [6, 6.07) is 4.18. The third kappa shape index (κ3) is 3.59. The third-order valence-corrected chi connectivity index (χ3v) is 3.62. The smallest absolute Gasteiger partial charge is 0.215 e. The molecule has 110 valence electrons. The van der Waals surface area contributed by atoms with Crippen LogP contribution in [0.2, 0.25) is 0 Å². The summed E-state index contributed by atoms with van der Waals surface area (Å²) in [5.74, 6) is -0.664. The molecule has 0 saturated heterocycles. The summed E-state index contributed by atoms with van der Waals surface area (Å²) in [6.45, 7) is -5.33. The summed E-state index contributed by atoms with van der Waals surface area (Å²) >= 11 is 0. The van der Waals surface area contributed by atoms with Crippen molar-refractivity contribution >= 4 is 20.9 Å². The Labute approximate surface area is 131 Å². The number of rotatable bonds is 6. The summed E-state index contributed by atoms with van der Waals surface area (Å²) < 4.78 is 87.6. The molecule has 0 atom stereocenters. The van der Waals surface area contributed by atoms with Crippen molar-refractivity contribution in [2.75, 3.05) is 27.6 Å². The minimum Gasteiger partial charge on any atom is -0.361 e. The number of nitrogens with zero attached hydrogens (tertiary/aromatic N) is 1. The van der Waals surface area contributed by atoms with E-state index in [-0.39, 0.29) is 22.7 Å². The Morgan fingerprint density at radius 2 is 2.30 bits per heavy atom. The number of H-pyrrole nitrogens is 1. The number of fused-ring (bicyclic) bond motifs is 1. The van der Waals surface area contributed by atoms with Gasteiger partial charge in [0.25, 0.3) is 0 Å². The van der Waals surface area contributed by atoms with Gasteiger partial charge in [-0.1, -0.05) is 6.07 Å². The van der Waals surface area contributed by atoms with Crippen molar-refractivity contribution < 1.29 is 19.4 Å². The minimum atomic E-state index is -4.19. The maximum atomic E-state index is 12.0. The second kappa shape index (κ2) is 5.95. The Morgan fingerprint density at radius 3 is 3.00 bits per heavy atom. The van der Waals surface area contributed by atoms with Crippen molar-refractivity contribution in [3.8, 4) is 0 Å². The molecule has 0 radical (unpaired) electrons. The SMILES string of the molecule is [2H]c1[nH]c2ccc(CS(=O)(=O)NC([2H])([2H])[2H])cc2c1C([2H])([2H])C([2H])([2H])N(C)C. The fourth-order valence-corrected chi connectivity index (χ4v) is 2.41. The lowest BCUT2D eigenvalue weighted by Gasteiger charge is -2.08. The van der Waals surface area contributed by atoms with Gasteiger partial charge in [-0.15, -0.1) is 0 Å². The summed E-state index contributed by atoms with van der Waals surface area (Å²) in [5, 5.41) is 0.155. The summed E-state index contributed by atoms with van der Waals surface area (Å²) in [6.07, 6.45) is -2.92. The molecule has 6 heteroatoms. The van der Waals surface area contributed by atoms with Gasteiger partial charge in [-0.05, 0) is 50.7 Å². The molecule has 0 spiro atoms. The molecule has 2 aromatic rings. The molecule has 5 nitrogen and oxygen atoms in total. The highest BCUT2D eigenvalue weighted by Crippen LogP contribution is 2.21. The van der Waals surface area contributed by atoms with Crippen molar-refractivity contribution in [1.82, 2.24) is 14.6 Å². The molecule has 0 unspecified atom stereocenters. The van der Waals surface area contributed by atoms with E-state index in [0.717, 1.165) is 4.90 Å². The summed E-state index contributed by atoms with van der Waals surface area (Å²) in [4.78, 5) is 3.71. The molecule has 20 heavy (non-hydrogen) atoms. The van der Waals surface area contributed by atoms with Gasteiger partial charge >= 0.3 is 0 Å². The van der Waals surface area contributed by atoms with E-state index in [1.54, 1.807) is 4.72 Å². The second-order valence-electron chi connectivity index (χ2n) is 4.50. The Balaban J connectivity index is 2.57. The highest BCUT2D eigenvalue weighted by Gasteiger charge is 2.11. The van der Waals surface area contributed by atoms with E-state index in [2.05, 4.69) is 4.98 Å². The molecule has 0 bridgehead atoms. The Hall–Kier alpha value is -1.37. The number of nitrogens with one attached hydrogen (secondary N) is 2. The van der Waals surface area contributed by atoms with Crippen LogP contribution in [0, 0.1) is 0 Å². The van der Waals surface area contributed by atoms with Crippen molar-refractivity contribution in [3.63, 3.8) is 0 Å². The number of benzene rings is 1. The normalized spacial score (nSPS) is 20.4. The van der Waals surface area contributed by atoms with Crippen LogP contribution in [-0.2, 0) is 22.1 Å². The van der Waals surface area contributed by atoms with Gasteiger partial charge in [0, 0.05) is 33.2 Å². The second-order valence-corrected chi connectivity index (χ2v) is 6.22. The number of sulfonamides is 1. The summed E-state index contributed by atoms with van der Waals surface area (Å²) in [7, 11) is -1.45. The molecule has 2 N–H and O–H groups in total. The number of likely N-dealkylation sites (N-methyl/N-ethyl adjacent to an activating group) is 1. The van der Waals surface area contributed by atoms with Crippen LogP contribution in [0.5, 0.6) is 0 Å². The maximum Gasteiger partial charge on any atom is 0.215 e. The van der Waals surface area contributed by atoms with Crippen molar-refractivity contribution in [2.45, 2.75) is 12.1 Å². The maximum absolute atomic E-state index is 12.0. The molecule has 1 aromatic carbocycles. The lowest BCUT2D eigenvalue weighted by Crippen LogP contribution is -2.20. The van der Waals surface area contributed by atoms with Gasteiger partial charge in [0.1, 0.15) is 0 Å². The lowest BCUT2D eigenvalue weighted by atomic mass is 10.1. The molecule has 1 heterocycles. The standard InChI is InChI=1S/C14H21N3O2S/c1-15-20(18,19)10-11-4-5-14-13(8-11)12(9-16-14)6-7-17(2)3/h4-5,8-9,15-16H,6-7,10H2,1-3H3/i1D3,6D2,7D2,9D. The van der Waals surface area contributed by atoms with E-state index >= 15 is 0 Å². The number of hydrogen-bond donors (Lipinski definition) is 2. The van der Waals surface area contributed by atoms with Crippen LogP contribution in [0.1, 0.15) is 22.1 Å². The predicted octanol–water partition coefficient (Wildman–Crippen LogP) is 1.32. The first-order valence-electron chi connectivity index (χ1n) is 9.79.